The predicted octanol–water partition coefficient (Wildman–Crippen LogP) is 2.20. The molecule has 1 aromatic rings. The summed E-state index contributed by atoms with van der Waals surface area (Å²) < 4.78 is 25.6. The first kappa shape index (κ1) is 13.1. The summed E-state index contributed by atoms with van der Waals surface area (Å²) in [7, 11) is 0. The van der Waals surface area contributed by atoms with Gasteiger partial charge in [0.1, 0.15) is 0 Å². The van der Waals surface area contributed by atoms with Gasteiger partial charge in [0.25, 0.3) is 0 Å². The summed E-state index contributed by atoms with van der Waals surface area (Å²) in [4.78, 5) is 0. The third kappa shape index (κ3) is 3.25. The predicted molar refractivity (Wildman–Crippen MR) is 57.1 cm³/mol. The van der Waals surface area contributed by atoms with Crippen LogP contribution in [0.25, 0.3) is 0 Å². The Morgan fingerprint density at radius 1 is 1.12 bits per heavy atom. The molecule has 3 atom stereocenters. The van der Waals surface area contributed by atoms with Gasteiger partial charge >= 0.3 is 0 Å². The third-order valence-corrected chi connectivity index (χ3v) is 2.66. The Kier molecular flexibility index (Phi) is 4.38. The average molecular weight is 230 g/mol. The maximum absolute atomic E-state index is 12.9. The van der Waals surface area contributed by atoms with Gasteiger partial charge in [0.2, 0.25) is 0 Å². The van der Waals surface area contributed by atoms with Crippen LogP contribution in [0.5, 0.6) is 0 Å². The Balaban J connectivity index is 2.73. The molecule has 0 aliphatic rings. The lowest BCUT2D eigenvalue weighted by molar-refractivity contribution is 0.0227. The summed E-state index contributed by atoms with van der Waals surface area (Å²) in [5.74, 6) is -1.91. The van der Waals surface area contributed by atoms with Crippen molar-refractivity contribution in [2.75, 3.05) is 0 Å². The number of aliphatic hydroxyl groups is 2. The number of benzene rings is 1. The van der Waals surface area contributed by atoms with Crippen molar-refractivity contribution in [3.05, 3.63) is 35.4 Å². The van der Waals surface area contributed by atoms with Gasteiger partial charge in [0.15, 0.2) is 11.6 Å². The second kappa shape index (κ2) is 5.37. The van der Waals surface area contributed by atoms with Crippen molar-refractivity contribution in [3.63, 3.8) is 0 Å². The molecule has 4 heteroatoms. The van der Waals surface area contributed by atoms with Crippen LogP contribution in [-0.2, 0) is 0 Å². The van der Waals surface area contributed by atoms with Crippen LogP contribution in [0.4, 0.5) is 8.78 Å². The van der Waals surface area contributed by atoms with E-state index in [9.17, 15) is 13.9 Å². The molecule has 2 N–H and O–H groups in total. The SMILES string of the molecule is CC(CC(O)C(C)O)c1ccc(F)c(F)c1. The molecule has 0 amide bonds. The molecule has 0 aromatic heterocycles. The molecule has 0 heterocycles. The molecule has 0 radical (unpaired) electrons. The molecule has 0 saturated carbocycles. The van der Waals surface area contributed by atoms with E-state index < -0.39 is 23.8 Å². The summed E-state index contributed by atoms with van der Waals surface area (Å²) in [6.45, 7) is 3.28. The summed E-state index contributed by atoms with van der Waals surface area (Å²) in [6, 6.07) is 3.67. The van der Waals surface area contributed by atoms with Crippen LogP contribution < -0.4 is 0 Å². The molecule has 1 aromatic carbocycles. The molecule has 0 spiro atoms. The van der Waals surface area contributed by atoms with Crippen LogP contribution in [-0.4, -0.2) is 22.4 Å². The smallest absolute Gasteiger partial charge is 0.159 e. The average Bonchev–Trinajstić information content (AvgIpc) is 2.21. The van der Waals surface area contributed by atoms with E-state index in [1.165, 1.54) is 13.0 Å². The molecular weight excluding hydrogens is 214 g/mol. The van der Waals surface area contributed by atoms with Crippen molar-refractivity contribution in [1.29, 1.82) is 0 Å². The molecule has 0 saturated heterocycles. The largest absolute Gasteiger partial charge is 0.391 e. The molecule has 0 bridgehead atoms. The quantitative estimate of drug-likeness (QED) is 0.832. The van der Waals surface area contributed by atoms with E-state index in [2.05, 4.69) is 0 Å². The first-order valence-corrected chi connectivity index (χ1v) is 5.23. The maximum atomic E-state index is 12.9. The van der Waals surface area contributed by atoms with Gasteiger partial charge in [-0.1, -0.05) is 13.0 Å². The lowest BCUT2D eigenvalue weighted by Gasteiger charge is -2.18. The molecule has 2 nitrogen and oxygen atoms in total. The second-order valence-electron chi connectivity index (χ2n) is 4.12. The monoisotopic (exact) mass is 230 g/mol. The molecule has 3 unspecified atom stereocenters. The highest BCUT2D eigenvalue weighted by molar-refractivity contribution is 5.21. The van der Waals surface area contributed by atoms with Crippen LogP contribution >= 0.6 is 0 Å². The number of rotatable bonds is 4. The zero-order chi connectivity index (χ0) is 12.3. The van der Waals surface area contributed by atoms with Crippen LogP contribution in [0, 0.1) is 11.6 Å². The van der Waals surface area contributed by atoms with Gasteiger partial charge in [-0.3, -0.25) is 0 Å². The molecule has 0 aliphatic heterocycles. The molecular formula is C12H16F2O2. The minimum atomic E-state index is -0.893. The Hall–Kier alpha value is -1.00. The topological polar surface area (TPSA) is 40.5 Å². The highest BCUT2D eigenvalue weighted by atomic mass is 19.2. The fraction of sp³-hybridized carbons (Fsp3) is 0.500. The Morgan fingerprint density at radius 2 is 1.75 bits per heavy atom. The van der Waals surface area contributed by atoms with E-state index in [4.69, 9.17) is 5.11 Å². The van der Waals surface area contributed by atoms with E-state index in [0.717, 1.165) is 12.1 Å². The zero-order valence-corrected chi connectivity index (χ0v) is 9.32. The lowest BCUT2D eigenvalue weighted by Crippen LogP contribution is -2.24. The second-order valence-corrected chi connectivity index (χ2v) is 4.12. The van der Waals surface area contributed by atoms with E-state index in [0.29, 0.717) is 12.0 Å². The summed E-state index contributed by atoms with van der Waals surface area (Å²) in [5.41, 5.74) is 0.610. The maximum Gasteiger partial charge on any atom is 0.159 e. The van der Waals surface area contributed by atoms with Crippen LogP contribution in [0.15, 0.2) is 18.2 Å². The van der Waals surface area contributed by atoms with Gasteiger partial charge in [-0.2, -0.15) is 0 Å². The van der Waals surface area contributed by atoms with Crippen molar-refractivity contribution >= 4 is 0 Å². The fourth-order valence-corrected chi connectivity index (χ4v) is 1.51. The number of hydrogen-bond donors (Lipinski definition) is 2. The Morgan fingerprint density at radius 3 is 2.25 bits per heavy atom. The van der Waals surface area contributed by atoms with E-state index in [-0.39, 0.29) is 5.92 Å². The van der Waals surface area contributed by atoms with Crippen molar-refractivity contribution in [3.8, 4) is 0 Å². The fourth-order valence-electron chi connectivity index (χ4n) is 1.51. The molecule has 16 heavy (non-hydrogen) atoms. The molecule has 0 fully saturated rings. The Labute approximate surface area is 93.5 Å². The van der Waals surface area contributed by atoms with Crippen molar-refractivity contribution < 1.29 is 19.0 Å². The van der Waals surface area contributed by atoms with Gasteiger partial charge in [-0.25, -0.2) is 8.78 Å². The molecule has 90 valence electrons. The first-order valence-electron chi connectivity index (χ1n) is 5.23. The zero-order valence-electron chi connectivity index (χ0n) is 9.32. The van der Waals surface area contributed by atoms with E-state index in [1.807, 2.05) is 0 Å². The van der Waals surface area contributed by atoms with Gasteiger partial charge in [-0.05, 0) is 37.0 Å². The molecule has 0 aliphatic carbocycles. The van der Waals surface area contributed by atoms with Crippen LogP contribution in [0.2, 0.25) is 0 Å². The normalized spacial score (nSPS) is 16.9. The minimum absolute atomic E-state index is 0.139. The summed E-state index contributed by atoms with van der Waals surface area (Å²) in [5, 5.41) is 18.6. The minimum Gasteiger partial charge on any atom is -0.391 e. The van der Waals surface area contributed by atoms with Crippen molar-refractivity contribution in [2.45, 2.75) is 38.4 Å². The number of hydrogen-bond acceptors (Lipinski definition) is 2. The highest BCUT2D eigenvalue weighted by Crippen LogP contribution is 2.23. The standard InChI is InChI=1S/C12H16F2O2/c1-7(5-12(16)8(2)15)9-3-4-10(13)11(14)6-9/h3-4,6-8,12,15-16H,5H2,1-2H3. The number of aliphatic hydroxyl groups excluding tert-OH is 2. The highest BCUT2D eigenvalue weighted by Gasteiger charge is 2.17. The van der Waals surface area contributed by atoms with Gasteiger partial charge in [0.05, 0.1) is 12.2 Å². The summed E-state index contributed by atoms with van der Waals surface area (Å²) in [6.07, 6.45) is -1.38. The van der Waals surface area contributed by atoms with Crippen molar-refractivity contribution in [1.82, 2.24) is 0 Å². The third-order valence-electron chi connectivity index (χ3n) is 2.66. The Bertz CT molecular complexity index is 353. The van der Waals surface area contributed by atoms with Crippen LogP contribution in [0.3, 0.4) is 0 Å². The summed E-state index contributed by atoms with van der Waals surface area (Å²) >= 11 is 0. The van der Waals surface area contributed by atoms with E-state index in [1.54, 1.807) is 6.92 Å². The van der Waals surface area contributed by atoms with Crippen LogP contribution in [0.1, 0.15) is 31.7 Å². The number of halogens is 2. The van der Waals surface area contributed by atoms with E-state index >= 15 is 0 Å². The lowest BCUT2D eigenvalue weighted by atomic mass is 9.93. The first-order chi connectivity index (χ1) is 7.41. The molecule has 1 rings (SSSR count). The van der Waals surface area contributed by atoms with Crippen molar-refractivity contribution in [2.24, 2.45) is 0 Å². The van der Waals surface area contributed by atoms with Gasteiger partial charge in [-0.15, -0.1) is 0 Å². The van der Waals surface area contributed by atoms with Gasteiger partial charge in [0, 0.05) is 0 Å². The van der Waals surface area contributed by atoms with Gasteiger partial charge < -0.3 is 10.2 Å².